The van der Waals surface area contributed by atoms with Gasteiger partial charge in [0.1, 0.15) is 0 Å². The van der Waals surface area contributed by atoms with Crippen LogP contribution in [-0.4, -0.2) is 24.3 Å². The van der Waals surface area contributed by atoms with Crippen LogP contribution < -0.4 is 0 Å². The molecule has 0 fully saturated rings. The number of rotatable bonds is 4. The minimum absolute atomic E-state index is 0.402. The topological polar surface area (TPSA) is 68.7 Å². The van der Waals surface area contributed by atoms with Crippen LogP contribution in [0.3, 0.4) is 0 Å². The van der Waals surface area contributed by atoms with E-state index in [4.69, 9.17) is 0 Å². The molecule has 5 nitrogen and oxygen atoms in total. The Bertz CT molecular complexity index is 321. The van der Waals surface area contributed by atoms with E-state index < -0.39 is 13.4 Å². The third-order valence-corrected chi connectivity index (χ3v) is 3.71. The largest absolute Gasteiger partial charge is 0.376 e. The first-order valence-corrected chi connectivity index (χ1v) is 5.54. The van der Waals surface area contributed by atoms with E-state index in [0.29, 0.717) is 5.56 Å². The molecule has 78 valence electrons. The second kappa shape index (κ2) is 4.66. The molecule has 0 saturated heterocycles. The Morgan fingerprint density at radius 2 is 2.14 bits per heavy atom. The highest BCUT2D eigenvalue weighted by molar-refractivity contribution is 7.53. The molecular weight excluding hydrogens is 205 g/mol. The Labute approximate surface area is 82.2 Å². The van der Waals surface area contributed by atoms with E-state index >= 15 is 0 Å². The molecule has 1 heterocycles. The molecule has 0 aliphatic heterocycles. The van der Waals surface area contributed by atoms with Gasteiger partial charge in [-0.15, -0.1) is 0 Å². The molecule has 14 heavy (non-hydrogen) atoms. The lowest BCUT2D eigenvalue weighted by Gasteiger charge is -2.19. The summed E-state index contributed by atoms with van der Waals surface area (Å²) in [7, 11) is -1.03. The highest BCUT2D eigenvalue weighted by Gasteiger charge is 2.33. The van der Waals surface area contributed by atoms with E-state index in [1.807, 2.05) is 0 Å². The Morgan fingerprint density at radius 3 is 2.57 bits per heavy atom. The zero-order valence-corrected chi connectivity index (χ0v) is 8.85. The van der Waals surface area contributed by atoms with Crippen LogP contribution >= 0.6 is 7.60 Å². The first-order valence-electron chi connectivity index (χ1n) is 3.93. The first kappa shape index (κ1) is 11.3. The smallest absolute Gasteiger partial charge is 0.362 e. The molecule has 1 atom stereocenters. The van der Waals surface area contributed by atoms with E-state index in [9.17, 15) is 9.67 Å². The van der Waals surface area contributed by atoms with Crippen molar-refractivity contribution in [1.29, 1.82) is 0 Å². The maximum absolute atomic E-state index is 11.7. The molecule has 1 N–H and O–H groups in total. The van der Waals surface area contributed by atoms with Crippen LogP contribution in [0.25, 0.3) is 0 Å². The van der Waals surface area contributed by atoms with Crippen molar-refractivity contribution in [3.8, 4) is 0 Å². The van der Waals surface area contributed by atoms with Gasteiger partial charge in [-0.3, -0.25) is 9.55 Å². The van der Waals surface area contributed by atoms with E-state index in [-0.39, 0.29) is 0 Å². The van der Waals surface area contributed by atoms with Gasteiger partial charge in [-0.1, -0.05) is 6.07 Å². The number of pyridine rings is 1. The second-order valence-electron chi connectivity index (χ2n) is 2.57. The maximum atomic E-state index is 11.7. The Morgan fingerprint density at radius 1 is 1.50 bits per heavy atom. The third-order valence-electron chi connectivity index (χ3n) is 1.79. The molecule has 1 aromatic rings. The van der Waals surface area contributed by atoms with Gasteiger partial charge in [0.15, 0.2) is 5.85 Å². The van der Waals surface area contributed by atoms with Gasteiger partial charge in [0.2, 0.25) is 0 Å². The summed E-state index contributed by atoms with van der Waals surface area (Å²) in [5, 5.41) is 9.69. The molecule has 1 unspecified atom stereocenters. The van der Waals surface area contributed by atoms with Gasteiger partial charge < -0.3 is 14.2 Å². The number of nitrogens with zero attached hydrogens (tertiary/aromatic N) is 1. The summed E-state index contributed by atoms with van der Waals surface area (Å²) < 4.78 is 21.0. The van der Waals surface area contributed by atoms with Crippen molar-refractivity contribution in [1.82, 2.24) is 4.98 Å². The summed E-state index contributed by atoms with van der Waals surface area (Å²) in [4.78, 5) is 3.80. The lowest BCUT2D eigenvalue weighted by atomic mass is 10.3. The SMILES string of the molecule is COP(=O)(OC)C(O)c1cccnc1. The highest BCUT2D eigenvalue weighted by Crippen LogP contribution is 2.58. The van der Waals surface area contributed by atoms with E-state index in [1.165, 1.54) is 20.4 Å². The third kappa shape index (κ3) is 2.19. The molecule has 1 rings (SSSR count). The van der Waals surface area contributed by atoms with Gasteiger partial charge in [0, 0.05) is 32.2 Å². The lowest BCUT2D eigenvalue weighted by molar-refractivity contribution is 0.176. The number of aromatic nitrogens is 1. The van der Waals surface area contributed by atoms with Gasteiger partial charge in [0.05, 0.1) is 0 Å². The molecular formula is C8H12NO4P. The van der Waals surface area contributed by atoms with Crippen LogP contribution in [0.2, 0.25) is 0 Å². The van der Waals surface area contributed by atoms with Crippen LogP contribution in [0, 0.1) is 0 Å². The lowest BCUT2D eigenvalue weighted by Crippen LogP contribution is -2.02. The Kier molecular flexibility index (Phi) is 3.77. The normalized spacial score (nSPS) is 13.9. The molecule has 0 aliphatic rings. The van der Waals surface area contributed by atoms with Crippen molar-refractivity contribution in [2.24, 2.45) is 0 Å². The Hall–Kier alpha value is -0.740. The summed E-state index contributed by atoms with van der Waals surface area (Å²) in [6.45, 7) is 0. The fraction of sp³-hybridized carbons (Fsp3) is 0.375. The number of aliphatic hydroxyl groups is 1. The predicted molar refractivity (Wildman–Crippen MR) is 50.8 cm³/mol. The average Bonchev–Trinajstić information content (AvgIpc) is 2.28. The van der Waals surface area contributed by atoms with Crippen molar-refractivity contribution in [2.45, 2.75) is 5.85 Å². The van der Waals surface area contributed by atoms with Gasteiger partial charge in [-0.25, -0.2) is 0 Å². The van der Waals surface area contributed by atoms with Crippen molar-refractivity contribution in [2.75, 3.05) is 14.2 Å². The Balaban J connectivity index is 2.95. The van der Waals surface area contributed by atoms with Gasteiger partial charge in [-0.2, -0.15) is 0 Å². The summed E-state index contributed by atoms with van der Waals surface area (Å²) in [5.41, 5.74) is 0.402. The second-order valence-corrected chi connectivity index (χ2v) is 4.86. The van der Waals surface area contributed by atoms with Crippen LogP contribution in [-0.2, 0) is 13.6 Å². The molecule has 0 spiro atoms. The first-order chi connectivity index (χ1) is 6.64. The van der Waals surface area contributed by atoms with Crippen LogP contribution in [0.1, 0.15) is 11.4 Å². The molecule has 0 amide bonds. The quantitative estimate of drug-likeness (QED) is 0.775. The van der Waals surface area contributed by atoms with Gasteiger partial charge in [0.25, 0.3) is 0 Å². The van der Waals surface area contributed by atoms with Crippen molar-refractivity contribution >= 4 is 7.60 Å². The summed E-state index contributed by atoms with van der Waals surface area (Å²) in [6.07, 6.45) is 2.97. The predicted octanol–water partition coefficient (Wildman–Crippen LogP) is 1.56. The minimum atomic E-state index is -3.48. The molecule has 0 bridgehead atoms. The summed E-state index contributed by atoms with van der Waals surface area (Å²) in [5.74, 6) is -1.30. The maximum Gasteiger partial charge on any atom is 0.362 e. The van der Waals surface area contributed by atoms with E-state index in [0.717, 1.165) is 0 Å². The van der Waals surface area contributed by atoms with Crippen LogP contribution in [0.4, 0.5) is 0 Å². The highest BCUT2D eigenvalue weighted by atomic mass is 31.2. The number of aliphatic hydroxyl groups excluding tert-OH is 1. The van der Waals surface area contributed by atoms with Crippen molar-refractivity contribution < 1.29 is 18.7 Å². The standard InChI is InChI=1S/C8H12NO4P/c1-12-14(11,13-2)8(10)7-4-3-5-9-6-7/h3-6,8,10H,1-2H3. The molecule has 1 aromatic heterocycles. The summed E-state index contributed by atoms with van der Waals surface area (Å²) in [6, 6.07) is 3.23. The zero-order valence-electron chi connectivity index (χ0n) is 7.95. The van der Waals surface area contributed by atoms with Crippen LogP contribution in [0.5, 0.6) is 0 Å². The van der Waals surface area contributed by atoms with Crippen molar-refractivity contribution in [3.63, 3.8) is 0 Å². The molecule has 0 aromatic carbocycles. The molecule has 0 saturated carbocycles. The van der Waals surface area contributed by atoms with E-state index in [1.54, 1.807) is 18.3 Å². The van der Waals surface area contributed by atoms with E-state index in [2.05, 4.69) is 14.0 Å². The number of hydrogen-bond donors (Lipinski definition) is 1. The minimum Gasteiger partial charge on any atom is -0.376 e. The zero-order chi connectivity index (χ0) is 10.6. The fourth-order valence-electron chi connectivity index (χ4n) is 0.986. The van der Waals surface area contributed by atoms with Gasteiger partial charge in [-0.05, 0) is 6.07 Å². The van der Waals surface area contributed by atoms with Gasteiger partial charge >= 0.3 is 7.60 Å². The number of hydrogen-bond acceptors (Lipinski definition) is 5. The average molecular weight is 217 g/mol. The van der Waals surface area contributed by atoms with Crippen LogP contribution in [0.15, 0.2) is 24.5 Å². The molecule has 6 heteroatoms. The molecule has 0 radical (unpaired) electrons. The fourth-order valence-corrected chi connectivity index (χ4v) is 2.05. The molecule has 0 aliphatic carbocycles. The summed E-state index contributed by atoms with van der Waals surface area (Å²) >= 11 is 0. The van der Waals surface area contributed by atoms with Crippen molar-refractivity contribution in [3.05, 3.63) is 30.1 Å². The monoisotopic (exact) mass is 217 g/mol.